The monoisotopic (exact) mass is 383 g/mol. The molecule has 8 heteroatoms. The third kappa shape index (κ3) is 4.23. The van der Waals surface area contributed by atoms with E-state index in [1.807, 2.05) is 29.1 Å². The van der Waals surface area contributed by atoms with Crippen molar-refractivity contribution < 1.29 is 8.42 Å². The van der Waals surface area contributed by atoms with Gasteiger partial charge in [-0.05, 0) is 5.56 Å². The second-order valence-electron chi connectivity index (χ2n) is 6.89. The SMILES string of the molecule is CS(=O)(=O)c1ncc2c(n1)CCN(Cc1cnn(Cc3ccccc3)c1)C2. The van der Waals surface area contributed by atoms with Crippen LogP contribution in [0.2, 0.25) is 0 Å². The molecule has 27 heavy (non-hydrogen) atoms. The minimum Gasteiger partial charge on any atom is -0.294 e. The summed E-state index contributed by atoms with van der Waals surface area (Å²) >= 11 is 0. The Morgan fingerprint density at radius 3 is 2.67 bits per heavy atom. The molecule has 0 saturated carbocycles. The third-order valence-electron chi connectivity index (χ3n) is 4.60. The molecule has 7 nitrogen and oxygen atoms in total. The topological polar surface area (TPSA) is 81.0 Å². The number of rotatable bonds is 5. The zero-order valence-electron chi connectivity index (χ0n) is 15.1. The van der Waals surface area contributed by atoms with Crippen molar-refractivity contribution in [1.82, 2.24) is 24.6 Å². The van der Waals surface area contributed by atoms with Gasteiger partial charge in [0.15, 0.2) is 0 Å². The van der Waals surface area contributed by atoms with E-state index in [1.54, 1.807) is 6.20 Å². The molecule has 0 spiro atoms. The minimum absolute atomic E-state index is 0.0862. The molecule has 0 amide bonds. The molecule has 0 radical (unpaired) electrons. The Balaban J connectivity index is 1.42. The second kappa shape index (κ2) is 7.21. The van der Waals surface area contributed by atoms with Crippen molar-refractivity contribution in [2.45, 2.75) is 31.2 Å². The van der Waals surface area contributed by atoms with Crippen LogP contribution < -0.4 is 0 Å². The molecule has 1 aliphatic rings. The van der Waals surface area contributed by atoms with Crippen LogP contribution in [-0.2, 0) is 35.9 Å². The standard InChI is InChI=1S/C19H21N5O2S/c1-27(25,26)19-20-10-17-14-23(8-7-18(17)22-19)11-16-9-21-24(13-16)12-15-5-3-2-4-6-15/h2-6,9-10,13H,7-8,11-12,14H2,1H3. The van der Waals surface area contributed by atoms with Gasteiger partial charge in [-0.1, -0.05) is 30.3 Å². The molecule has 0 fully saturated rings. The summed E-state index contributed by atoms with van der Waals surface area (Å²) in [5, 5.41) is 4.37. The Bertz CT molecular complexity index is 1050. The molecular formula is C19H21N5O2S. The number of sulfone groups is 1. The molecule has 0 saturated heterocycles. The summed E-state index contributed by atoms with van der Waals surface area (Å²) < 4.78 is 25.2. The number of nitrogens with zero attached hydrogens (tertiary/aromatic N) is 5. The fourth-order valence-electron chi connectivity index (χ4n) is 3.27. The number of hydrogen-bond donors (Lipinski definition) is 0. The van der Waals surface area contributed by atoms with Crippen LogP contribution in [-0.4, -0.2) is 45.9 Å². The molecule has 1 aliphatic heterocycles. The normalized spacial score (nSPS) is 14.9. The summed E-state index contributed by atoms with van der Waals surface area (Å²) in [4.78, 5) is 10.5. The molecule has 4 rings (SSSR count). The Morgan fingerprint density at radius 2 is 1.89 bits per heavy atom. The highest BCUT2D eigenvalue weighted by Crippen LogP contribution is 2.19. The van der Waals surface area contributed by atoms with Gasteiger partial charge in [0.2, 0.25) is 15.0 Å². The first-order chi connectivity index (χ1) is 13.0. The lowest BCUT2D eigenvalue weighted by molar-refractivity contribution is 0.242. The minimum atomic E-state index is -3.37. The highest BCUT2D eigenvalue weighted by molar-refractivity contribution is 7.90. The van der Waals surface area contributed by atoms with Crippen LogP contribution in [0.1, 0.15) is 22.4 Å². The third-order valence-corrected chi connectivity index (χ3v) is 5.46. The Morgan fingerprint density at radius 1 is 1.07 bits per heavy atom. The van der Waals surface area contributed by atoms with E-state index in [0.29, 0.717) is 6.54 Å². The van der Waals surface area contributed by atoms with Crippen molar-refractivity contribution in [2.24, 2.45) is 0 Å². The van der Waals surface area contributed by atoms with E-state index in [0.717, 1.165) is 49.1 Å². The molecule has 0 atom stereocenters. The molecule has 0 N–H and O–H groups in total. The predicted molar refractivity (Wildman–Crippen MR) is 101 cm³/mol. The average Bonchev–Trinajstić information content (AvgIpc) is 3.08. The van der Waals surface area contributed by atoms with Crippen molar-refractivity contribution in [2.75, 3.05) is 12.8 Å². The maximum absolute atomic E-state index is 11.6. The highest BCUT2D eigenvalue weighted by Gasteiger charge is 2.21. The van der Waals surface area contributed by atoms with Gasteiger partial charge >= 0.3 is 0 Å². The molecule has 3 heterocycles. The smallest absolute Gasteiger partial charge is 0.246 e. The summed E-state index contributed by atoms with van der Waals surface area (Å²) in [5.41, 5.74) is 4.20. The van der Waals surface area contributed by atoms with Gasteiger partial charge in [0.1, 0.15) is 0 Å². The Hall–Kier alpha value is -2.58. The molecule has 140 valence electrons. The lowest BCUT2D eigenvalue weighted by atomic mass is 10.1. The molecular weight excluding hydrogens is 362 g/mol. The second-order valence-corrected chi connectivity index (χ2v) is 8.80. The molecule has 3 aromatic rings. The zero-order valence-corrected chi connectivity index (χ0v) is 15.9. The lowest BCUT2D eigenvalue weighted by Gasteiger charge is -2.27. The summed E-state index contributed by atoms with van der Waals surface area (Å²) in [7, 11) is -3.37. The maximum atomic E-state index is 11.6. The van der Waals surface area contributed by atoms with Crippen molar-refractivity contribution in [3.63, 3.8) is 0 Å². The first kappa shape index (κ1) is 17.8. The van der Waals surface area contributed by atoms with E-state index in [9.17, 15) is 8.42 Å². The van der Waals surface area contributed by atoms with Crippen LogP contribution in [0.5, 0.6) is 0 Å². The lowest BCUT2D eigenvalue weighted by Crippen LogP contribution is -2.31. The van der Waals surface area contributed by atoms with Crippen LogP contribution >= 0.6 is 0 Å². The van der Waals surface area contributed by atoms with E-state index >= 15 is 0 Å². The van der Waals surface area contributed by atoms with Gasteiger partial charge in [-0.15, -0.1) is 0 Å². The fourth-order valence-corrected chi connectivity index (χ4v) is 3.79. The van der Waals surface area contributed by atoms with Crippen LogP contribution in [0.15, 0.2) is 54.1 Å². The van der Waals surface area contributed by atoms with Gasteiger partial charge in [-0.25, -0.2) is 18.4 Å². The van der Waals surface area contributed by atoms with Gasteiger partial charge < -0.3 is 0 Å². The van der Waals surface area contributed by atoms with Crippen molar-refractivity contribution in [1.29, 1.82) is 0 Å². The Kier molecular flexibility index (Phi) is 4.75. The number of hydrogen-bond acceptors (Lipinski definition) is 6. The average molecular weight is 383 g/mol. The van der Waals surface area contributed by atoms with Crippen LogP contribution in [0.3, 0.4) is 0 Å². The fraction of sp³-hybridized carbons (Fsp3) is 0.316. The number of aromatic nitrogens is 4. The Labute approximate surface area is 158 Å². The first-order valence-electron chi connectivity index (χ1n) is 8.80. The van der Waals surface area contributed by atoms with Gasteiger partial charge in [-0.2, -0.15) is 5.10 Å². The largest absolute Gasteiger partial charge is 0.294 e. The molecule has 0 aliphatic carbocycles. The van der Waals surface area contributed by atoms with E-state index in [2.05, 4.69) is 38.3 Å². The quantitative estimate of drug-likeness (QED) is 0.624. The number of fused-ring (bicyclic) bond motifs is 1. The number of benzene rings is 1. The van der Waals surface area contributed by atoms with Crippen molar-refractivity contribution >= 4 is 9.84 Å². The van der Waals surface area contributed by atoms with E-state index in [-0.39, 0.29) is 5.16 Å². The van der Waals surface area contributed by atoms with Crippen molar-refractivity contribution in [3.8, 4) is 0 Å². The summed E-state index contributed by atoms with van der Waals surface area (Å²) in [6.45, 7) is 3.09. The van der Waals surface area contributed by atoms with Gasteiger partial charge in [0.05, 0.1) is 18.4 Å². The predicted octanol–water partition coefficient (Wildman–Crippen LogP) is 1.68. The molecule has 2 aromatic heterocycles. The van der Waals surface area contributed by atoms with Gasteiger partial charge in [0.25, 0.3) is 0 Å². The summed E-state index contributed by atoms with van der Waals surface area (Å²) in [6, 6.07) is 10.3. The first-order valence-corrected chi connectivity index (χ1v) is 10.7. The maximum Gasteiger partial charge on any atom is 0.246 e. The molecule has 1 aromatic carbocycles. The highest BCUT2D eigenvalue weighted by atomic mass is 32.2. The van der Waals surface area contributed by atoms with Gasteiger partial charge in [-0.3, -0.25) is 9.58 Å². The summed E-state index contributed by atoms with van der Waals surface area (Å²) in [6.07, 6.45) is 7.48. The van der Waals surface area contributed by atoms with Gasteiger partial charge in [0, 0.05) is 55.8 Å². The van der Waals surface area contributed by atoms with Crippen LogP contribution in [0.4, 0.5) is 0 Å². The van der Waals surface area contributed by atoms with E-state index in [1.165, 1.54) is 5.56 Å². The molecule has 0 bridgehead atoms. The van der Waals surface area contributed by atoms with Crippen LogP contribution in [0, 0.1) is 0 Å². The molecule has 0 unspecified atom stereocenters. The van der Waals surface area contributed by atoms with E-state index < -0.39 is 9.84 Å². The summed E-state index contributed by atoms with van der Waals surface area (Å²) in [5.74, 6) is 0. The van der Waals surface area contributed by atoms with Crippen LogP contribution in [0.25, 0.3) is 0 Å². The van der Waals surface area contributed by atoms with E-state index in [4.69, 9.17) is 0 Å². The van der Waals surface area contributed by atoms with Crippen molar-refractivity contribution in [3.05, 3.63) is 71.3 Å². The zero-order chi connectivity index (χ0) is 18.9.